The molecule has 0 aliphatic heterocycles. The minimum atomic E-state index is -3.68. The molecule has 1 amide bonds. The number of carbonyl (C=O) groups is 1. The molecule has 0 fully saturated rings. The summed E-state index contributed by atoms with van der Waals surface area (Å²) in [5.41, 5.74) is 5.17. The average molecular weight is 462 g/mol. The number of nitro groups is 1. The molecule has 174 valence electrons. The van der Waals surface area contributed by atoms with Gasteiger partial charge < -0.3 is 5.32 Å². The summed E-state index contributed by atoms with van der Waals surface area (Å²) in [5.74, 6) is -0.181. The van der Waals surface area contributed by atoms with Crippen molar-refractivity contribution in [3.05, 3.63) is 68.3 Å². The number of non-ortho nitro benzene ring substituents is 1. The zero-order valence-corrected chi connectivity index (χ0v) is 20.2. The lowest BCUT2D eigenvalue weighted by Crippen LogP contribution is -2.33. The van der Waals surface area contributed by atoms with Gasteiger partial charge in [0, 0.05) is 25.1 Å². The normalized spacial score (nSPS) is 12.3. The molecule has 1 atom stereocenters. The smallest absolute Gasteiger partial charge is 0.271 e. The second kappa shape index (κ2) is 10.1. The molecule has 8 nitrogen and oxygen atoms in total. The van der Waals surface area contributed by atoms with E-state index >= 15 is 0 Å². The highest BCUT2D eigenvalue weighted by atomic mass is 32.2. The third-order valence-electron chi connectivity index (χ3n) is 5.56. The van der Waals surface area contributed by atoms with E-state index in [1.807, 2.05) is 27.7 Å². The fourth-order valence-corrected chi connectivity index (χ4v) is 4.68. The van der Waals surface area contributed by atoms with Crippen LogP contribution < -0.4 is 9.62 Å². The van der Waals surface area contributed by atoms with Crippen LogP contribution in [0.2, 0.25) is 0 Å². The van der Waals surface area contributed by atoms with Gasteiger partial charge in [0.05, 0.1) is 22.9 Å². The third-order valence-corrected chi connectivity index (χ3v) is 6.74. The maximum atomic E-state index is 12.5. The number of hydrogen-bond acceptors (Lipinski definition) is 5. The molecule has 2 aromatic rings. The molecule has 32 heavy (non-hydrogen) atoms. The summed E-state index contributed by atoms with van der Waals surface area (Å²) < 4.78 is 25.8. The van der Waals surface area contributed by atoms with Gasteiger partial charge in [0.1, 0.15) is 0 Å². The summed E-state index contributed by atoms with van der Waals surface area (Å²) in [6, 6.07) is 8.10. The lowest BCUT2D eigenvalue weighted by atomic mass is 9.96. The summed E-state index contributed by atoms with van der Waals surface area (Å²) in [4.78, 5) is 23.0. The summed E-state index contributed by atoms with van der Waals surface area (Å²) in [7, 11) is -3.68. The number of benzene rings is 2. The van der Waals surface area contributed by atoms with Crippen LogP contribution in [0.4, 0.5) is 11.4 Å². The molecular formula is C23H31N3O5S. The SMILES string of the molecule is Cc1cc(C)c(C(C)NC(=O)CCCN(c2cc([N+](=O)[O-])ccc2C)S(C)(=O)=O)cc1C. The Morgan fingerprint density at radius 1 is 1.06 bits per heavy atom. The zero-order valence-electron chi connectivity index (χ0n) is 19.4. The van der Waals surface area contributed by atoms with Gasteiger partial charge in [0.25, 0.3) is 5.69 Å². The monoisotopic (exact) mass is 461 g/mol. The van der Waals surface area contributed by atoms with Crippen molar-refractivity contribution in [1.29, 1.82) is 0 Å². The summed E-state index contributed by atoms with van der Waals surface area (Å²) in [5, 5.41) is 14.1. The molecule has 0 saturated carbocycles. The Kier molecular flexibility index (Phi) is 8.01. The fourth-order valence-electron chi connectivity index (χ4n) is 3.67. The van der Waals surface area contributed by atoms with Crippen LogP contribution in [-0.2, 0) is 14.8 Å². The number of amides is 1. The molecule has 0 bridgehead atoms. The molecule has 1 unspecified atom stereocenters. The number of nitrogens with one attached hydrogen (secondary N) is 1. The Labute approximate surface area is 189 Å². The van der Waals surface area contributed by atoms with E-state index in [0.717, 1.165) is 27.3 Å². The first kappa shape index (κ1) is 25.3. The molecule has 0 aliphatic rings. The molecule has 0 spiro atoms. The van der Waals surface area contributed by atoms with Crippen molar-refractivity contribution in [2.45, 2.75) is 53.5 Å². The highest BCUT2D eigenvalue weighted by Crippen LogP contribution is 2.28. The first-order valence-corrected chi connectivity index (χ1v) is 12.3. The predicted molar refractivity (Wildman–Crippen MR) is 126 cm³/mol. The van der Waals surface area contributed by atoms with Crippen LogP contribution in [0, 0.1) is 37.8 Å². The first-order chi connectivity index (χ1) is 14.8. The van der Waals surface area contributed by atoms with E-state index in [9.17, 15) is 23.3 Å². The van der Waals surface area contributed by atoms with Crippen LogP contribution in [0.15, 0.2) is 30.3 Å². The third kappa shape index (κ3) is 6.29. The second-order valence-electron chi connectivity index (χ2n) is 8.25. The van der Waals surface area contributed by atoms with Crippen molar-refractivity contribution in [2.75, 3.05) is 17.1 Å². The lowest BCUT2D eigenvalue weighted by molar-refractivity contribution is -0.384. The van der Waals surface area contributed by atoms with Crippen molar-refractivity contribution in [1.82, 2.24) is 5.32 Å². The molecule has 0 saturated heterocycles. The number of nitro benzene ring substituents is 1. The molecule has 1 N–H and O–H groups in total. The fraction of sp³-hybridized carbons (Fsp3) is 0.435. The quantitative estimate of drug-likeness (QED) is 0.443. The van der Waals surface area contributed by atoms with Crippen molar-refractivity contribution in [3.63, 3.8) is 0 Å². The van der Waals surface area contributed by atoms with Crippen LogP contribution in [0.5, 0.6) is 0 Å². The first-order valence-electron chi connectivity index (χ1n) is 10.4. The second-order valence-corrected chi connectivity index (χ2v) is 10.2. The Bertz CT molecular complexity index is 1130. The van der Waals surface area contributed by atoms with Crippen LogP contribution in [0.3, 0.4) is 0 Å². The predicted octanol–water partition coefficient (Wildman–Crippen LogP) is 4.25. The minimum Gasteiger partial charge on any atom is -0.350 e. The molecule has 0 heterocycles. The molecule has 9 heteroatoms. The van der Waals surface area contributed by atoms with Gasteiger partial charge in [0.15, 0.2) is 0 Å². The van der Waals surface area contributed by atoms with Gasteiger partial charge in [-0.15, -0.1) is 0 Å². The van der Waals surface area contributed by atoms with Crippen LogP contribution in [0.1, 0.15) is 53.6 Å². The zero-order chi connectivity index (χ0) is 24.2. The number of aryl methyl sites for hydroxylation is 4. The Hall–Kier alpha value is -2.94. The van der Waals surface area contributed by atoms with Gasteiger partial charge in [-0.1, -0.05) is 18.2 Å². The summed E-state index contributed by atoms with van der Waals surface area (Å²) in [6.45, 7) is 9.75. The van der Waals surface area contributed by atoms with Crippen molar-refractivity contribution in [2.24, 2.45) is 0 Å². The topological polar surface area (TPSA) is 110 Å². The van der Waals surface area contributed by atoms with Gasteiger partial charge in [-0.2, -0.15) is 0 Å². The molecular weight excluding hydrogens is 430 g/mol. The Balaban J connectivity index is 2.08. The lowest BCUT2D eigenvalue weighted by Gasteiger charge is -2.24. The van der Waals surface area contributed by atoms with E-state index in [4.69, 9.17) is 0 Å². The van der Waals surface area contributed by atoms with E-state index < -0.39 is 14.9 Å². The van der Waals surface area contributed by atoms with E-state index in [0.29, 0.717) is 5.56 Å². The van der Waals surface area contributed by atoms with E-state index in [-0.39, 0.29) is 42.7 Å². The number of hydrogen-bond donors (Lipinski definition) is 1. The summed E-state index contributed by atoms with van der Waals surface area (Å²) in [6.07, 6.45) is 1.46. The van der Waals surface area contributed by atoms with E-state index in [2.05, 4.69) is 17.4 Å². The minimum absolute atomic E-state index is 0.0469. The number of rotatable bonds is 9. The maximum Gasteiger partial charge on any atom is 0.271 e. The number of carbonyl (C=O) groups excluding carboxylic acids is 1. The van der Waals surface area contributed by atoms with Gasteiger partial charge in [0.2, 0.25) is 15.9 Å². The molecule has 0 aliphatic carbocycles. The number of sulfonamides is 1. The summed E-state index contributed by atoms with van der Waals surface area (Å²) >= 11 is 0. The van der Waals surface area contributed by atoms with E-state index in [1.54, 1.807) is 6.92 Å². The van der Waals surface area contributed by atoms with Gasteiger partial charge in [-0.25, -0.2) is 8.42 Å². The van der Waals surface area contributed by atoms with Gasteiger partial charge >= 0.3 is 0 Å². The van der Waals surface area contributed by atoms with Crippen molar-refractivity contribution >= 4 is 27.3 Å². The standard InChI is InChI=1S/C23H31N3O5S/c1-15-9-10-20(26(28)29)14-22(15)25(32(6,30)31)11-7-8-23(27)24-19(5)21-13-17(3)16(2)12-18(21)4/h9-10,12-14,19H,7-8,11H2,1-6H3,(H,24,27). The number of anilines is 1. The Morgan fingerprint density at radius 2 is 1.69 bits per heavy atom. The largest absolute Gasteiger partial charge is 0.350 e. The number of nitrogens with zero attached hydrogens (tertiary/aromatic N) is 2. The van der Waals surface area contributed by atoms with Gasteiger partial charge in [-0.05, 0) is 68.9 Å². The van der Waals surface area contributed by atoms with Crippen LogP contribution >= 0.6 is 0 Å². The van der Waals surface area contributed by atoms with E-state index in [1.165, 1.54) is 23.8 Å². The molecule has 2 rings (SSSR count). The van der Waals surface area contributed by atoms with Crippen molar-refractivity contribution in [3.8, 4) is 0 Å². The van der Waals surface area contributed by atoms with Crippen LogP contribution in [0.25, 0.3) is 0 Å². The highest BCUT2D eigenvalue weighted by Gasteiger charge is 2.22. The van der Waals surface area contributed by atoms with Gasteiger partial charge in [-0.3, -0.25) is 19.2 Å². The molecule has 0 aromatic heterocycles. The Morgan fingerprint density at radius 3 is 2.28 bits per heavy atom. The molecule has 2 aromatic carbocycles. The van der Waals surface area contributed by atoms with Crippen molar-refractivity contribution < 1.29 is 18.1 Å². The highest BCUT2D eigenvalue weighted by molar-refractivity contribution is 7.92. The molecule has 0 radical (unpaired) electrons. The van der Waals surface area contributed by atoms with Crippen LogP contribution in [-0.4, -0.2) is 32.0 Å². The average Bonchev–Trinajstić information content (AvgIpc) is 2.67. The maximum absolute atomic E-state index is 12.5.